The molecule has 0 unspecified atom stereocenters. The van der Waals surface area contributed by atoms with E-state index in [2.05, 4.69) is 9.97 Å². The summed E-state index contributed by atoms with van der Waals surface area (Å²) in [5.74, 6) is 1.05. The summed E-state index contributed by atoms with van der Waals surface area (Å²) in [5, 5.41) is 8.67. The van der Waals surface area contributed by atoms with Crippen molar-refractivity contribution in [3.8, 4) is 5.88 Å². The maximum atomic E-state index is 8.67. The highest BCUT2D eigenvalue weighted by molar-refractivity contribution is 5.75. The van der Waals surface area contributed by atoms with Crippen LogP contribution in [-0.2, 0) is 18.0 Å². The van der Waals surface area contributed by atoms with Crippen LogP contribution in [0.25, 0.3) is 11.2 Å². The van der Waals surface area contributed by atoms with Gasteiger partial charge < -0.3 is 27.0 Å². The van der Waals surface area contributed by atoms with E-state index >= 15 is 0 Å². The molecule has 0 fully saturated rings. The number of fused-ring (bicyclic) bond motifs is 3. The number of hydrogen-bond donors (Lipinski definition) is 2. The molecule has 0 atom stereocenters. The molecule has 0 saturated carbocycles. The van der Waals surface area contributed by atoms with Gasteiger partial charge in [-0.1, -0.05) is 4.98 Å². The molecular weight excluding hydrogens is 274 g/mol. The summed E-state index contributed by atoms with van der Waals surface area (Å²) in [4.78, 5) is 8.57. The minimum absolute atomic E-state index is 0. The van der Waals surface area contributed by atoms with Gasteiger partial charge in [0.15, 0.2) is 0 Å². The van der Waals surface area contributed by atoms with Crippen LogP contribution in [0.3, 0.4) is 0 Å². The lowest BCUT2D eigenvalue weighted by Crippen LogP contribution is -3.00. The van der Waals surface area contributed by atoms with Crippen molar-refractivity contribution >= 4 is 17.1 Å². The predicted octanol–water partition coefficient (Wildman–Crippen LogP) is -4.34. The smallest absolute Gasteiger partial charge is 0.394 e. The number of nitrogens with zero attached hydrogens (tertiary/aromatic N) is 4. The van der Waals surface area contributed by atoms with Crippen molar-refractivity contribution in [1.82, 2.24) is 14.5 Å². The Bertz CT molecular complexity index is 588. The zero-order valence-electron chi connectivity index (χ0n) is 10.1. The number of hydrogen-bond acceptors (Lipinski definition) is 6. The van der Waals surface area contributed by atoms with Crippen LogP contribution >= 0.6 is 0 Å². The van der Waals surface area contributed by atoms with Crippen LogP contribution in [0.15, 0.2) is 6.33 Å². The van der Waals surface area contributed by atoms with Gasteiger partial charge in [0, 0.05) is 0 Å². The minimum Gasteiger partial charge on any atom is -1.00 e. The third-order valence-corrected chi connectivity index (χ3v) is 2.77. The van der Waals surface area contributed by atoms with Gasteiger partial charge in [0.05, 0.1) is 13.2 Å². The summed E-state index contributed by atoms with van der Waals surface area (Å²) in [5.41, 5.74) is 7.17. The van der Waals surface area contributed by atoms with Crippen molar-refractivity contribution in [1.29, 1.82) is 0 Å². The third-order valence-electron chi connectivity index (χ3n) is 2.77. The Labute approximate surface area is 115 Å². The normalized spacial score (nSPS) is 13.1. The highest BCUT2D eigenvalue weighted by Gasteiger charge is 2.27. The first-order valence-electron chi connectivity index (χ1n) is 5.67. The van der Waals surface area contributed by atoms with Crippen LogP contribution in [-0.4, -0.2) is 39.5 Å². The van der Waals surface area contributed by atoms with E-state index in [9.17, 15) is 0 Å². The molecule has 2 aromatic rings. The Balaban J connectivity index is 0.00000133. The third kappa shape index (κ3) is 2.29. The molecule has 1 aliphatic rings. The molecule has 1 aliphatic heterocycles. The number of aliphatic hydroxyl groups excluding tert-OH is 1. The molecular formula is C10H14ClN5O3. The van der Waals surface area contributed by atoms with Gasteiger partial charge in [-0.15, -0.1) is 0 Å². The summed E-state index contributed by atoms with van der Waals surface area (Å²) in [7, 11) is 0. The molecule has 0 saturated heterocycles. The van der Waals surface area contributed by atoms with Crippen LogP contribution < -0.4 is 27.4 Å². The van der Waals surface area contributed by atoms with Crippen molar-refractivity contribution in [3.05, 3.63) is 6.33 Å². The topological polar surface area (TPSA) is 99.3 Å². The zero-order chi connectivity index (χ0) is 12.5. The maximum Gasteiger partial charge on any atom is 0.394 e. The second kappa shape index (κ2) is 5.55. The zero-order valence-corrected chi connectivity index (χ0v) is 10.9. The van der Waals surface area contributed by atoms with Crippen LogP contribution in [0.4, 0.5) is 5.95 Å². The predicted molar refractivity (Wildman–Crippen MR) is 60.7 cm³/mol. The summed E-state index contributed by atoms with van der Waals surface area (Å²) in [6.07, 6.45) is 1.62. The van der Waals surface area contributed by atoms with Gasteiger partial charge in [0.2, 0.25) is 11.2 Å². The lowest BCUT2D eigenvalue weighted by Gasteiger charge is -2.03. The van der Waals surface area contributed by atoms with Crippen molar-refractivity contribution in [2.45, 2.75) is 13.3 Å². The van der Waals surface area contributed by atoms with Crippen molar-refractivity contribution < 1.29 is 31.6 Å². The van der Waals surface area contributed by atoms with Crippen LogP contribution in [0.2, 0.25) is 0 Å². The minimum atomic E-state index is -0.0173. The highest BCUT2D eigenvalue weighted by atomic mass is 35.5. The average molecular weight is 288 g/mol. The summed E-state index contributed by atoms with van der Waals surface area (Å²) in [6, 6.07) is 0. The number of imidazole rings is 1. The first kappa shape index (κ1) is 13.8. The average Bonchev–Trinajstić information content (AvgIpc) is 2.96. The Morgan fingerprint density at radius 2 is 2.42 bits per heavy atom. The monoisotopic (exact) mass is 287 g/mol. The Morgan fingerprint density at radius 1 is 1.58 bits per heavy atom. The molecule has 3 N–H and O–H groups in total. The fourth-order valence-electron chi connectivity index (χ4n) is 1.96. The molecule has 0 spiro atoms. The quantitative estimate of drug-likeness (QED) is 0.436. The van der Waals surface area contributed by atoms with E-state index < -0.39 is 0 Å². The number of anilines is 1. The standard InChI is InChI=1S/C10H13N5O3.ClH/c11-10-13-8-7(9-15(10)1-3-18-9)12-5-14(8)6-17-4-2-16;/h5,11,16H,1-4,6H2;1H. The van der Waals surface area contributed by atoms with Gasteiger partial charge in [-0.25, -0.2) is 4.98 Å². The fraction of sp³-hybridized carbons (Fsp3) is 0.500. The number of rotatable bonds is 4. The Kier molecular flexibility index (Phi) is 4.03. The molecule has 104 valence electrons. The molecule has 3 rings (SSSR count). The van der Waals surface area contributed by atoms with E-state index in [1.165, 1.54) is 0 Å². The second-order valence-electron chi connectivity index (χ2n) is 3.92. The molecule has 0 bridgehead atoms. The molecule has 0 aliphatic carbocycles. The van der Waals surface area contributed by atoms with Crippen molar-refractivity contribution in [3.63, 3.8) is 0 Å². The van der Waals surface area contributed by atoms with Gasteiger partial charge >= 0.3 is 5.95 Å². The second-order valence-corrected chi connectivity index (χ2v) is 3.92. The maximum absolute atomic E-state index is 8.67. The fourth-order valence-corrected chi connectivity index (χ4v) is 1.96. The van der Waals surface area contributed by atoms with E-state index in [1.54, 1.807) is 15.5 Å². The van der Waals surface area contributed by atoms with E-state index in [1.807, 2.05) is 0 Å². The number of nitrogens with two attached hydrogens (primary N) is 1. The summed E-state index contributed by atoms with van der Waals surface area (Å²) in [6.45, 7) is 1.80. The molecule has 0 amide bonds. The number of aromatic nitrogens is 4. The largest absolute Gasteiger partial charge is 1.00 e. The lowest BCUT2D eigenvalue weighted by molar-refractivity contribution is -0.666. The van der Waals surface area contributed by atoms with Gasteiger partial charge in [0.1, 0.15) is 26.2 Å². The first-order chi connectivity index (χ1) is 8.81. The van der Waals surface area contributed by atoms with Gasteiger partial charge in [-0.3, -0.25) is 10.3 Å². The van der Waals surface area contributed by atoms with Gasteiger partial charge in [-0.2, -0.15) is 4.57 Å². The van der Waals surface area contributed by atoms with E-state index in [-0.39, 0.29) is 32.4 Å². The lowest BCUT2D eigenvalue weighted by atomic mass is 10.5. The molecule has 9 heteroatoms. The molecule has 19 heavy (non-hydrogen) atoms. The molecule has 0 aromatic carbocycles. The van der Waals surface area contributed by atoms with E-state index in [0.29, 0.717) is 36.1 Å². The molecule has 3 heterocycles. The molecule has 8 nitrogen and oxygen atoms in total. The van der Waals surface area contributed by atoms with Crippen LogP contribution in [0, 0.1) is 0 Å². The molecule has 0 radical (unpaired) electrons. The van der Waals surface area contributed by atoms with Gasteiger partial charge in [0.25, 0.3) is 5.88 Å². The van der Waals surface area contributed by atoms with E-state index in [4.69, 9.17) is 20.3 Å². The molecule has 2 aromatic heterocycles. The summed E-state index contributed by atoms with van der Waals surface area (Å²) >= 11 is 0. The summed E-state index contributed by atoms with van der Waals surface area (Å²) < 4.78 is 14.3. The Hall–Kier alpha value is -1.64. The highest BCUT2D eigenvalue weighted by Crippen LogP contribution is 2.22. The number of aliphatic hydroxyl groups is 1. The van der Waals surface area contributed by atoms with Crippen molar-refractivity contribution in [2.75, 3.05) is 25.6 Å². The van der Waals surface area contributed by atoms with Crippen molar-refractivity contribution in [2.24, 2.45) is 0 Å². The first-order valence-corrected chi connectivity index (χ1v) is 5.67. The number of halogens is 1. The van der Waals surface area contributed by atoms with E-state index in [0.717, 1.165) is 0 Å². The van der Waals surface area contributed by atoms with Crippen LogP contribution in [0.1, 0.15) is 0 Å². The Morgan fingerprint density at radius 3 is 3.21 bits per heavy atom. The van der Waals surface area contributed by atoms with Gasteiger partial charge in [-0.05, 0) is 0 Å². The number of ether oxygens (including phenoxy) is 2. The number of nitrogen functional groups attached to an aromatic ring is 1. The SMILES string of the molecule is Nc1nc2c(ncn2COCCO)c2[n+]1CCO2.[Cl-]. The van der Waals surface area contributed by atoms with Crippen LogP contribution in [0.5, 0.6) is 5.88 Å².